The lowest BCUT2D eigenvalue weighted by Gasteiger charge is -2.36. The van der Waals surface area contributed by atoms with Crippen molar-refractivity contribution in [3.8, 4) is 0 Å². The predicted octanol–water partition coefficient (Wildman–Crippen LogP) is 2.72. The predicted molar refractivity (Wildman–Crippen MR) is 107 cm³/mol. The third-order valence-corrected chi connectivity index (χ3v) is 4.68. The van der Waals surface area contributed by atoms with Crippen molar-refractivity contribution in [2.24, 2.45) is 4.99 Å². The van der Waals surface area contributed by atoms with Crippen LogP contribution in [0.15, 0.2) is 41.7 Å². The van der Waals surface area contributed by atoms with Gasteiger partial charge < -0.3 is 15.1 Å². The lowest BCUT2D eigenvalue weighted by molar-refractivity contribution is 0.370. The first-order valence-electron chi connectivity index (χ1n) is 8.58. The summed E-state index contributed by atoms with van der Waals surface area (Å²) in [4.78, 5) is 17.5. The normalized spacial score (nSPS) is 15.3. The third kappa shape index (κ3) is 4.99. The van der Waals surface area contributed by atoms with Gasteiger partial charge in [-0.3, -0.25) is 4.99 Å². The van der Waals surface area contributed by atoms with E-state index in [4.69, 9.17) is 23.2 Å². The molecule has 0 spiro atoms. The number of benzene rings is 1. The van der Waals surface area contributed by atoms with Crippen LogP contribution in [0, 0.1) is 0 Å². The number of piperazine rings is 1. The fourth-order valence-electron chi connectivity index (χ4n) is 2.98. The van der Waals surface area contributed by atoms with Gasteiger partial charge in [0.1, 0.15) is 0 Å². The molecule has 2 aromatic rings. The Balaban J connectivity index is 1.49. The molecule has 0 atom stereocenters. The van der Waals surface area contributed by atoms with Crippen molar-refractivity contribution in [3.05, 3.63) is 52.3 Å². The number of aromatic nitrogens is 2. The molecule has 0 bridgehead atoms. The van der Waals surface area contributed by atoms with Gasteiger partial charge in [0, 0.05) is 62.2 Å². The zero-order chi connectivity index (χ0) is 18.4. The summed E-state index contributed by atoms with van der Waals surface area (Å²) in [7, 11) is 1.81. The Kier molecular flexibility index (Phi) is 6.52. The number of aliphatic imine (C=N–C) groups is 1. The second-order valence-electron chi connectivity index (χ2n) is 6.02. The Morgan fingerprint density at radius 2 is 1.73 bits per heavy atom. The average molecular weight is 393 g/mol. The molecular weight excluding hydrogens is 371 g/mol. The summed E-state index contributed by atoms with van der Waals surface area (Å²) in [6, 6.07) is 7.46. The first kappa shape index (κ1) is 18.7. The van der Waals surface area contributed by atoms with Gasteiger partial charge in [-0.2, -0.15) is 0 Å². The van der Waals surface area contributed by atoms with E-state index in [1.165, 1.54) is 0 Å². The summed E-state index contributed by atoms with van der Waals surface area (Å²) in [5.74, 6) is 1.69. The molecule has 1 aliphatic rings. The van der Waals surface area contributed by atoms with Crippen LogP contribution in [0.3, 0.4) is 0 Å². The molecule has 1 aromatic heterocycles. The number of halogens is 2. The number of nitrogens with zero attached hydrogens (tertiary/aromatic N) is 5. The van der Waals surface area contributed by atoms with E-state index in [0.29, 0.717) is 10.0 Å². The van der Waals surface area contributed by atoms with E-state index in [1.54, 1.807) is 18.5 Å². The molecule has 138 valence electrons. The van der Waals surface area contributed by atoms with Gasteiger partial charge in [-0.15, -0.1) is 0 Å². The standard InChI is InChI=1S/C18H22Cl2N6/c1-21-17(24-6-3-14-11-15(19)13-16(20)12-14)25-7-9-26(10-8-25)18-22-4-2-5-23-18/h2,4-5,11-13H,3,6-10H2,1H3,(H,21,24). The van der Waals surface area contributed by atoms with Crippen LogP contribution in [0.2, 0.25) is 10.0 Å². The van der Waals surface area contributed by atoms with Crippen LogP contribution < -0.4 is 10.2 Å². The number of rotatable bonds is 4. The van der Waals surface area contributed by atoms with E-state index in [-0.39, 0.29) is 0 Å². The van der Waals surface area contributed by atoms with Crippen LogP contribution in [-0.4, -0.2) is 60.6 Å². The molecule has 26 heavy (non-hydrogen) atoms. The highest BCUT2D eigenvalue weighted by Crippen LogP contribution is 2.19. The molecule has 1 N–H and O–H groups in total. The van der Waals surface area contributed by atoms with Crippen LogP contribution in [0.5, 0.6) is 0 Å². The molecule has 8 heteroatoms. The minimum Gasteiger partial charge on any atom is -0.356 e. The average Bonchev–Trinajstić information content (AvgIpc) is 2.65. The third-order valence-electron chi connectivity index (χ3n) is 4.25. The number of hydrogen-bond donors (Lipinski definition) is 1. The summed E-state index contributed by atoms with van der Waals surface area (Å²) < 4.78 is 0. The van der Waals surface area contributed by atoms with Crippen molar-refractivity contribution >= 4 is 35.1 Å². The fourth-order valence-corrected chi connectivity index (χ4v) is 3.55. The quantitative estimate of drug-likeness (QED) is 0.640. The largest absolute Gasteiger partial charge is 0.356 e. The van der Waals surface area contributed by atoms with Gasteiger partial charge in [0.25, 0.3) is 0 Å². The van der Waals surface area contributed by atoms with Crippen LogP contribution in [0.4, 0.5) is 5.95 Å². The van der Waals surface area contributed by atoms with Gasteiger partial charge in [-0.05, 0) is 36.2 Å². The molecule has 1 aliphatic heterocycles. The van der Waals surface area contributed by atoms with Crippen LogP contribution in [0.25, 0.3) is 0 Å². The zero-order valence-electron chi connectivity index (χ0n) is 14.7. The van der Waals surface area contributed by atoms with Crippen molar-refractivity contribution in [1.82, 2.24) is 20.2 Å². The van der Waals surface area contributed by atoms with Gasteiger partial charge in [-0.25, -0.2) is 9.97 Å². The Morgan fingerprint density at radius 3 is 2.35 bits per heavy atom. The summed E-state index contributed by atoms with van der Waals surface area (Å²) >= 11 is 12.1. The van der Waals surface area contributed by atoms with Gasteiger partial charge >= 0.3 is 0 Å². The monoisotopic (exact) mass is 392 g/mol. The topological polar surface area (TPSA) is 56.7 Å². The van der Waals surface area contributed by atoms with Crippen molar-refractivity contribution in [2.75, 3.05) is 44.7 Å². The molecule has 1 saturated heterocycles. The molecule has 0 saturated carbocycles. The van der Waals surface area contributed by atoms with E-state index in [0.717, 1.165) is 56.6 Å². The van der Waals surface area contributed by atoms with Gasteiger partial charge in [0.2, 0.25) is 5.95 Å². The summed E-state index contributed by atoms with van der Waals surface area (Å²) in [6.45, 7) is 4.26. The minimum absolute atomic E-state index is 0.663. The van der Waals surface area contributed by atoms with Crippen molar-refractivity contribution < 1.29 is 0 Å². The fraction of sp³-hybridized carbons (Fsp3) is 0.389. The maximum atomic E-state index is 6.05. The molecular formula is C18H22Cl2N6. The van der Waals surface area contributed by atoms with Gasteiger partial charge in [-0.1, -0.05) is 23.2 Å². The van der Waals surface area contributed by atoms with E-state index < -0.39 is 0 Å². The Hall–Kier alpha value is -2.05. The Labute approximate surface area is 163 Å². The molecule has 0 amide bonds. The first-order valence-corrected chi connectivity index (χ1v) is 9.34. The molecule has 0 radical (unpaired) electrons. The van der Waals surface area contributed by atoms with Crippen molar-refractivity contribution in [2.45, 2.75) is 6.42 Å². The molecule has 2 heterocycles. The minimum atomic E-state index is 0.663. The highest BCUT2D eigenvalue weighted by Gasteiger charge is 2.20. The molecule has 0 aliphatic carbocycles. The van der Waals surface area contributed by atoms with Crippen LogP contribution in [0.1, 0.15) is 5.56 Å². The molecule has 6 nitrogen and oxygen atoms in total. The summed E-state index contributed by atoms with van der Waals surface area (Å²) in [5.41, 5.74) is 1.11. The molecule has 1 aromatic carbocycles. The van der Waals surface area contributed by atoms with Gasteiger partial charge in [0.15, 0.2) is 5.96 Å². The Bertz CT molecular complexity index is 724. The van der Waals surface area contributed by atoms with E-state index in [2.05, 4.69) is 30.1 Å². The number of anilines is 1. The Morgan fingerprint density at radius 1 is 1.08 bits per heavy atom. The number of hydrogen-bond acceptors (Lipinski definition) is 4. The highest BCUT2D eigenvalue weighted by atomic mass is 35.5. The van der Waals surface area contributed by atoms with Crippen LogP contribution in [-0.2, 0) is 6.42 Å². The van der Waals surface area contributed by atoms with Crippen molar-refractivity contribution in [3.63, 3.8) is 0 Å². The molecule has 1 fully saturated rings. The van der Waals surface area contributed by atoms with E-state index >= 15 is 0 Å². The molecule has 0 unspecified atom stereocenters. The second kappa shape index (κ2) is 9.05. The second-order valence-corrected chi connectivity index (χ2v) is 6.90. The van der Waals surface area contributed by atoms with Crippen molar-refractivity contribution in [1.29, 1.82) is 0 Å². The lowest BCUT2D eigenvalue weighted by Crippen LogP contribution is -2.53. The maximum absolute atomic E-state index is 6.05. The van der Waals surface area contributed by atoms with E-state index in [9.17, 15) is 0 Å². The number of nitrogens with one attached hydrogen (secondary N) is 1. The first-order chi connectivity index (χ1) is 12.7. The zero-order valence-corrected chi connectivity index (χ0v) is 16.2. The van der Waals surface area contributed by atoms with Gasteiger partial charge in [0.05, 0.1) is 0 Å². The lowest BCUT2D eigenvalue weighted by atomic mass is 10.1. The summed E-state index contributed by atoms with van der Waals surface area (Å²) in [6.07, 6.45) is 4.38. The molecule has 3 rings (SSSR count). The summed E-state index contributed by atoms with van der Waals surface area (Å²) in [5, 5.41) is 4.75. The number of guanidine groups is 1. The van der Waals surface area contributed by atoms with Crippen LogP contribution >= 0.6 is 23.2 Å². The SMILES string of the molecule is CN=C(NCCc1cc(Cl)cc(Cl)c1)N1CCN(c2ncccn2)CC1. The maximum Gasteiger partial charge on any atom is 0.225 e. The highest BCUT2D eigenvalue weighted by molar-refractivity contribution is 6.34. The smallest absolute Gasteiger partial charge is 0.225 e. The van der Waals surface area contributed by atoms with E-state index in [1.807, 2.05) is 25.2 Å².